The summed E-state index contributed by atoms with van der Waals surface area (Å²) in [6, 6.07) is 5.52. The van der Waals surface area contributed by atoms with Crippen LogP contribution in [0, 0.1) is 0 Å². The summed E-state index contributed by atoms with van der Waals surface area (Å²) in [6.07, 6.45) is 4.12. The van der Waals surface area contributed by atoms with Crippen LogP contribution in [0.1, 0.15) is 5.76 Å². The molecule has 2 rings (SSSR count). The van der Waals surface area contributed by atoms with Gasteiger partial charge in [-0.25, -0.2) is 4.98 Å². The number of nitrogens with one attached hydrogen (secondary N) is 1. The predicted molar refractivity (Wildman–Crippen MR) is 59.5 cm³/mol. The van der Waals surface area contributed by atoms with E-state index in [0.717, 1.165) is 18.7 Å². The normalized spacial score (nSPS) is 10.1. The van der Waals surface area contributed by atoms with Crippen molar-refractivity contribution in [1.82, 2.24) is 9.97 Å². The predicted octanol–water partition coefficient (Wildman–Crippen LogP) is 1.73. The summed E-state index contributed by atoms with van der Waals surface area (Å²) in [6.45, 7) is 0.723. The van der Waals surface area contributed by atoms with Crippen LogP contribution in [0.15, 0.2) is 35.1 Å². The van der Waals surface area contributed by atoms with Crippen molar-refractivity contribution in [2.75, 3.05) is 19.0 Å². The van der Waals surface area contributed by atoms with Crippen molar-refractivity contribution in [3.8, 4) is 5.88 Å². The third-order valence-electron chi connectivity index (χ3n) is 2.07. The molecule has 5 nitrogen and oxygen atoms in total. The highest BCUT2D eigenvalue weighted by molar-refractivity contribution is 5.27. The van der Waals surface area contributed by atoms with Gasteiger partial charge in [-0.2, -0.15) is 4.98 Å². The largest absolute Gasteiger partial charge is 0.481 e. The summed E-state index contributed by atoms with van der Waals surface area (Å²) in [7, 11) is 1.58. The zero-order chi connectivity index (χ0) is 11.2. The van der Waals surface area contributed by atoms with E-state index in [4.69, 9.17) is 9.15 Å². The number of methoxy groups -OCH3 is 1. The van der Waals surface area contributed by atoms with Crippen molar-refractivity contribution in [2.24, 2.45) is 0 Å². The molecule has 2 heterocycles. The van der Waals surface area contributed by atoms with E-state index in [2.05, 4.69) is 15.3 Å². The molecule has 0 aromatic carbocycles. The van der Waals surface area contributed by atoms with Crippen LogP contribution in [-0.4, -0.2) is 23.6 Å². The number of hydrogen-bond acceptors (Lipinski definition) is 5. The molecule has 0 spiro atoms. The van der Waals surface area contributed by atoms with Crippen molar-refractivity contribution in [2.45, 2.75) is 6.42 Å². The fourth-order valence-electron chi connectivity index (χ4n) is 1.29. The SMILES string of the molecule is COc1ccnc(NCCc2ccco2)n1. The Morgan fingerprint density at radius 2 is 2.38 bits per heavy atom. The van der Waals surface area contributed by atoms with Crippen LogP contribution in [0.25, 0.3) is 0 Å². The van der Waals surface area contributed by atoms with E-state index in [1.165, 1.54) is 0 Å². The van der Waals surface area contributed by atoms with Crippen LogP contribution in [0.2, 0.25) is 0 Å². The van der Waals surface area contributed by atoms with Gasteiger partial charge in [-0.15, -0.1) is 0 Å². The lowest BCUT2D eigenvalue weighted by molar-refractivity contribution is 0.397. The third-order valence-corrected chi connectivity index (χ3v) is 2.07. The molecule has 0 radical (unpaired) electrons. The van der Waals surface area contributed by atoms with E-state index in [0.29, 0.717) is 11.8 Å². The van der Waals surface area contributed by atoms with Crippen molar-refractivity contribution >= 4 is 5.95 Å². The first-order chi connectivity index (χ1) is 7.88. The quantitative estimate of drug-likeness (QED) is 0.829. The van der Waals surface area contributed by atoms with Gasteiger partial charge in [0.2, 0.25) is 11.8 Å². The average molecular weight is 219 g/mol. The highest BCUT2D eigenvalue weighted by atomic mass is 16.5. The number of aromatic nitrogens is 2. The Morgan fingerprint density at radius 1 is 1.44 bits per heavy atom. The Kier molecular flexibility index (Phi) is 3.38. The van der Waals surface area contributed by atoms with Gasteiger partial charge in [-0.1, -0.05) is 0 Å². The summed E-state index contributed by atoms with van der Waals surface area (Å²) in [4.78, 5) is 8.21. The van der Waals surface area contributed by atoms with Gasteiger partial charge >= 0.3 is 0 Å². The van der Waals surface area contributed by atoms with E-state index in [9.17, 15) is 0 Å². The first-order valence-corrected chi connectivity index (χ1v) is 5.02. The maximum Gasteiger partial charge on any atom is 0.225 e. The summed E-state index contributed by atoms with van der Waals surface area (Å²) in [5.41, 5.74) is 0. The number of rotatable bonds is 5. The van der Waals surface area contributed by atoms with Gasteiger partial charge < -0.3 is 14.5 Å². The highest BCUT2D eigenvalue weighted by Gasteiger charge is 1.99. The minimum Gasteiger partial charge on any atom is -0.481 e. The van der Waals surface area contributed by atoms with Crippen molar-refractivity contribution in [3.05, 3.63) is 36.4 Å². The third kappa shape index (κ3) is 2.73. The van der Waals surface area contributed by atoms with Gasteiger partial charge in [0.05, 0.1) is 13.4 Å². The number of ether oxygens (including phenoxy) is 1. The molecule has 5 heteroatoms. The van der Waals surface area contributed by atoms with Gasteiger partial charge in [0.25, 0.3) is 0 Å². The minimum absolute atomic E-state index is 0.551. The molecule has 0 unspecified atom stereocenters. The molecule has 84 valence electrons. The van der Waals surface area contributed by atoms with Crippen molar-refractivity contribution in [1.29, 1.82) is 0 Å². The summed E-state index contributed by atoms with van der Waals surface area (Å²) < 4.78 is 10.2. The van der Waals surface area contributed by atoms with E-state index >= 15 is 0 Å². The maximum atomic E-state index is 5.21. The zero-order valence-corrected chi connectivity index (χ0v) is 9.01. The van der Waals surface area contributed by atoms with Gasteiger partial charge in [0.1, 0.15) is 5.76 Å². The van der Waals surface area contributed by atoms with Crippen LogP contribution in [-0.2, 0) is 6.42 Å². The Balaban J connectivity index is 1.85. The van der Waals surface area contributed by atoms with Gasteiger partial charge in [-0.05, 0) is 12.1 Å². The molecule has 0 saturated carbocycles. The Hall–Kier alpha value is -2.04. The summed E-state index contributed by atoms with van der Waals surface area (Å²) >= 11 is 0. The minimum atomic E-state index is 0.551. The molecule has 0 atom stereocenters. The number of anilines is 1. The van der Waals surface area contributed by atoms with Crippen LogP contribution < -0.4 is 10.1 Å². The maximum absolute atomic E-state index is 5.21. The van der Waals surface area contributed by atoms with E-state index in [-0.39, 0.29) is 0 Å². The first-order valence-electron chi connectivity index (χ1n) is 5.02. The molecule has 2 aromatic heterocycles. The Labute approximate surface area is 93.5 Å². The molecule has 0 aliphatic heterocycles. The number of nitrogens with zero attached hydrogens (tertiary/aromatic N) is 2. The monoisotopic (exact) mass is 219 g/mol. The van der Waals surface area contributed by atoms with Crippen LogP contribution in [0.4, 0.5) is 5.95 Å². The van der Waals surface area contributed by atoms with Gasteiger partial charge in [-0.3, -0.25) is 0 Å². The number of hydrogen-bond donors (Lipinski definition) is 1. The fourth-order valence-corrected chi connectivity index (χ4v) is 1.29. The molecule has 0 aliphatic carbocycles. The van der Waals surface area contributed by atoms with Crippen LogP contribution in [0.5, 0.6) is 5.88 Å². The lowest BCUT2D eigenvalue weighted by Gasteiger charge is -2.04. The van der Waals surface area contributed by atoms with Crippen molar-refractivity contribution in [3.63, 3.8) is 0 Å². The van der Waals surface area contributed by atoms with Gasteiger partial charge in [0, 0.05) is 25.2 Å². The standard InChI is InChI=1S/C11H13N3O2/c1-15-10-5-7-13-11(14-10)12-6-4-9-3-2-8-16-9/h2-3,5,7-8H,4,6H2,1H3,(H,12,13,14). The molecule has 2 aromatic rings. The van der Waals surface area contributed by atoms with E-state index < -0.39 is 0 Å². The second kappa shape index (κ2) is 5.16. The summed E-state index contributed by atoms with van der Waals surface area (Å²) in [5.74, 6) is 2.05. The molecule has 1 N–H and O–H groups in total. The second-order valence-electron chi connectivity index (χ2n) is 3.18. The highest BCUT2D eigenvalue weighted by Crippen LogP contribution is 2.07. The molecule has 16 heavy (non-hydrogen) atoms. The molecule has 0 saturated heterocycles. The Morgan fingerprint density at radius 3 is 3.12 bits per heavy atom. The fraction of sp³-hybridized carbons (Fsp3) is 0.273. The Bertz CT molecular complexity index is 429. The molecular formula is C11H13N3O2. The smallest absolute Gasteiger partial charge is 0.225 e. The topological polar surface area (TPSA) is 60.2 Å². The van der Waals surface area contributed by atoms with E-state index in [1.807, 2.05) is 12.1 Å². The van der Waals surface area contributed by atoms with Gasteiger partial charge in [0.15, 0.2) is 0 Å². The molecule has 0 amide bonds. The van der Waals surface area contributed by atoms with Crippen LogP contribution in [0.3, 0.4) is 0 Å². The molecule has 0 bridgehead atoms. The lowest BCUT2D eigenvalue weighted by Crippen LogP contribution is -2.07. The molecular weight excluding hydrogens is 206 g/mol. The number of furan rings is 1. The average Bonchev–Trinajstić information content (AvgIpc) is 2.82. The van der Waals surface area contributed by atoms with E-state index in [1.54, 1.807) is 25.6 Å². The zero-order valence-electron chi connectivity index (χ0n) is 9.01. The summed E-state index contributed by atoms with van der Waals surface area (Å²) in [5, 5.41) is 3.10. The first kappa shape index (κ1) is 10.5. The lowest BCUT2D eigenvalue weighted by atomic mass is 10.3. The van der Waals surface area contributed by atoms with Crippen molar-refractivity contribution < 1.29 is 9.15 Å². The molecule has 0 fully saturated rings. The second-order valence-corrected chi connectivity index (χ2v) is 3.18. The van der Waals surface area contributed by atoms with Crippen LogP contribution >= 0.6 is 0 Å². The molecule has 0 aliphatic rings.